The van der Waals surface area contributed by atoms with Crippen LogP contribution in [0.3, 0.4) is 0 Å². The quantitative estimate of drug-likeness (QED) is 0.865. The van der Waals surface area contributed by atoms with Crippen molar-refractivity contribution < 1.29 is 9.26 Å². The van der Waals surface area contributed by atoms with E-state index in [2.05, 4.69) is 61.4 Å². The highest BCUT2D eigenvalue weighted by molar-refractivity contribution is 5.11. The van der Waals surface area contributed by atoms with Crippen LogP contribution in [0.25, 0.3) is 0 Å². The molecule has 0 radical (unpaired) electrons. The second-order valence-electron chi connectivity index (χ2n) is 7.81. The molecule has 2 aromatic heterocycles. The third-order valence-electron chi connectivity index (χ3n) is 4.69. The van der Waals surface area contributed by atoms with Gasteiger partial charge >= 0.3 is 0 Å². The molecule has 0 aliphatic carbocycles. The number of hydrogen-bond donors (Lipinski definition) is 1. The van der Waals surface area contributed by atoms with Crippen LogP contribution in [0, 0.1) is 5.92 Å². The van der Waals surface area contributed by atoms with E-state index in [9.17, 15) is 0 Å². The van der Waals surface area contributed by atoms with E-state index in [1.165, 1.54) is 0 Å². The molecule has 0 bridgehead atoms. The van der Waals surface area contributed by atoms with Gasteiger partial charge in [0, 0.05) is 42.8 Å². The molecule has 1 saturated heterocycles. The number of ether oxygens (including phenoxy) is 1. The zero-order chi connectivity index (χ0) is 18.0. The number of rotatable bonds is 6. The summed E-state index contributed by atoms with van der Waals surface area (Å²) in [5, 5.41) is 12.0. The fourth-order valence-corrected chi connectivity index (χ4v) is 3.04. The Balaban J connectivity index is 1.59. The predicted octanol–water partition coefficient (Wildman–Crippen LogP) is 3.01. The average molecular weight is 347 g/mol. The molecule has 0 amide bonds. The van der Waals surface area contributed by atoms with Gasteiger partial charge in [-0.25, -0.2) is 0 Å². The zero-order valence-electron chi connectivity index (χ0n) is 15.8. The van der Waals surface area contributed by atoms with Crippen molar-refractivity contribution in [1.82, 2.24) is 25.2 Å². The Morgan fingerprint density at radius 2 is 2.20 bits per heavy atom. The summed E-state index contributed by atoms with van der Waals surface area (Å²) in [6, 6.07) is 0.0169. The Labute approximate surface area is 149 Å². The first kappa shape index (κ1) is 18.1. The van der Waals surface area contributed by atoms with Gasteiger partial charge < -0.3 is 14.6 Å². The monoisotopic (exact) mass is 347 g/mol. The van der Waals surface area contributed by atoms with Crippen LogP contribution < -0.4 is 5.32 Å². The maximum Gasteiger partial charge on any atom is 0.243 e. The minimum absolute atomic E-state index is 0.0169. The van der Waals surface area contributed by atoms with Crippen molar-refractivity contribution in [2.24, 2.45) is 5.92 Å². The highest BCUT2D eigenvalue weighted by atomic mass is 16.5. The van der Waals surface area contributed by atoms with Gasteiger partial charge in [0.05, 0.1) is 18.3 Å². The Kier molecular flexibility index (Phi) is 5.24. The van der Waals surface area contributed by atoms with Crippen LogP contribution in [0.15, 0.2) is 16.9 Å². The predicted molar refractivity (Wildman–Crippen MR) is 94.1 cm³/mol. The summed E-state index contributed by atoms with van der Waals surface area (Å²) in [6.07, 6.45) is 5.15. The van der Waals surface area contributed by atoms with Crippen molar-refractivity contribution >= 4 is 0 Å². The summed E-state index contributed by atoms with van der Waals surface area (Å²) in [4.78, 5) is 4.53. The maximum atomic E-state index is 5.95. The largest absolute Gasteiger partial charge is 0.373 e. The van der Waals surface area contributed by atoms with Gasteiger partial charge in [0.25, 0.3) is 0 Å². The highest BCUT2D eigenvalue weighted by Crippen LogP contribution is 2.34. The van der Waals surface area contributed by atoms with Crippen molar-refractivity contribution in [2.75, 3.05) is 13.2 Å². The first-order chi connectivity index (χ1) is 11.9. The van der Waals surface area contributed by atoms with Crippen LogP contribution in [0.1, 0.15) is 70.5 Å². The van der Waals surface area contributed by atoms with E-state index in [0.717, 1.165) is 37.5 Å². The van der Waals surface area contributed by atoms with Crippen LogP contribution in [0.2, 0.25) is 0 Å². The molecule has 0 aromatic carbocycles. The molecule has 0 saturated carbocycles. The first-order valence-corrected chi connectivity index (χ1v) is 9.10. The number of nitrogens with one attached hydrogen (secondary N) is 1. The maximum absolute atomic E-state index is 5.95. The van der Waals surface area contributed by atoms with E-state index in [4.69, 9.17) is 9.26 Å². The van der Waals surface area contributed by atoms with E-state index >= 15 is 0 Å². The van der Waals surface area contributed by atoms with Crippen LogP contribution in [-0.2, 0) is 16.7 Å². The Hall–Kier alpha value is -1.73. The smallest absolute Gasteiger partial charge is 0.243 e. The molecule has 0 unspecified atom stereocenters. The molecule has 1 N–H and O–H groups in total. The van der Waals surface area contributed by atoms with Gasteiger partial charge in [0.2, 0.25) is 5.89 Å². The lowest BCUT2D eigenvalue weighted by Crippen LogP contribution is -2.27. The lowest BCUT2D eigenvalue weighted by molar-refractivity contribution is 0.0895. The average Bonchev–Trinajstić information content (AvgIpc) is 3.30. The molecule has 1 aliphatic heterocycles. The van der Waals surface area contributed by atoms with Crippen LogP contribution in [0.5, 0.6) is 0 Å². The molecule has 138 valence electrons. The fraction of sp³-hybridized carbons (Fsp3) is 0.722. The fourth-order valence-electron chi connectivity index (χ4n) is 3.04. The molecule has 3 heterocycles. The standard InChI is InChI=1S/C18H29N5O2/c1-6-23-11-14(10-20-23)15-13(7-8-24-15)9-19-12(2)16-21-17(22-25-16)18(3,4)5/h10-13,15,19H,6-9H2,1-5H3/t12-,13-,15+/m0/s1. The Bertz CT molecular complexity index is 688. The number of aryl methyl sites for hydroxylation is 1. The minimum atomic E-state index is -0.106. The number of nitrogens with zero attached hydrogens (tertiary/aromatic N) is 4. The molecule has 7 heteroatoms. The molecular formula is C18H29N5O2. The summed E-state index contributed by atoms with van der Waals surface area (Å²) in [5.74, 6) is 1.80. The summed E-state index contributed by atoms with van der Waals surface area (Å²) >= 11 is 0. The third kappa shape index (κ3) is 4.10. The molecule has 3 rings (SSSR count). The van der Waals surface area contributed by atoms with Gasteiger partial charge in [-0.2, -0.15) is 10.1 Å². The normalized spacial score (nSPS) is 22.4. The third-order valence-corrected chi connectivity index (χ3v) is 4.69. The SMILES string of the molecule is CCn1cc([C@@H]2OCC[C@H]2CN[C@@H](C)c2nc(C(C)(C)C)no2)cn1. The molecule has 3 atom stereocenters. The lowest BCUT2D eigenvalue weighted by Gasteiger charge is -2.19. The van der Waals surface area contributed by atoms with E-state index in [1.807, 2.05) is 10.9 Å². The van der Waals surface area contributed by atoms with Crippen molar-refractivity contribution in [3.05, 3.63) is 29.7 Å². The minimum Gasteiger partial charge on any atom is -0.373 e. The van der Waals surface area contributed by atoms with Gasteiger partial charge in [-0.05, 0) is 20.3 Å². The van der Waals surface area contributed by atoms with Crippen molar-refractivity contribution in [1.29, 1.82) is 0 Å². The molecule has 7 nitrogen and oxygen atoms in total. The molecule has 25 heavy (non-hydrogen) atoms. The Morgan fingerprint density at radius 3 is 2.84 bits per heavy atom. The zero-order valence-corrected chi connectivity index (χ0v) is 15.8. The van der Waals surface area contributed by atoms with Gasteiger partial charge in [-0.1, -0.05) is 25.9 Å². The van der Waals surface area contributed by atoms with Gasteiger partial charge in [-0.3, -0.25) is 4.68 Å². The summed E-state index contributed by atoms with van der Waals surface area (Å²) in [5.41, 5.74) is 1.05. The van der Waals surface area contributed by atoms with Gasteiger partial charge in [0.1, 0.15) is 0 Å². The first-order valence-electron chi connectivity index (χ1n) is 9.10. The van der Waals surface area contributed by atoms with Crippen molar-refractivity contribution in [2.45, 2.75) is 65.1 Å². The van der Waals surface area contributed by atoms with E-state index in [0.29, 0.717) is 11.8 Å². The topological polar surface area (TPSA) is 78.0 Å². The summed E-state index contributed by atoms with van der Waals surface area (Å²) < 4.78 is 13.3. The molecule has 1 aliphatic rings. The van der Waals surface area contributed by atoms with E-state index < -0.39 is 0 Å². The molecular weight excluding hydrogens is 318 g/mol. The summed E-state index contributed by atoms with van der Waals surface area (Å²) in [6.45, 7) is 12.9. The van der Waals surface area contributed by atoms with E-state index in [1.54, 1.807) is 0 Å². The van der Waals surface area contributed by atoms with Crippen LogP contribution >= 0.6 is 0 Å². The van der Waals surface area contributed by atoms with Crippen molar-refractivity contribution in [3.8, 4) is 0 Å². The Morgan fingerprint density at radius 1 is 1.40 bits per heavy atom. The number of hydrogen-bond acceptors (Lipinski definition) is 6. The van der Waals surface area contributed by atoms with Gasteiger partial charge in [-0.15, -0.1) is 0 Å². The summed E-state index contributed by atoms with van der Waals surface area (Å²) in [7, 11) is 0. The van der Waals surface area contributed by atoms with Crippen molar-refractivity contribution in [3.63, 3.8) is 0 Å². The lowest BCUT2D eigenvalue weighted by atomic mass is 9.96. The molecule has 1 fully saturated rings. The second kappa shape index (κ2) is 7.25. The van der Waals surface area contributed by atoms with Crippen LogP contribution in [0.4, 0.5) is 0 Å². The molecule has 0 spiro atoms. The van der Waals surface area contributed by atoms with Crippen LogP contribution in [-0.4, -0.2) is 33.1 Å². The second-order valence-corrected chi connectivity index (χ2v) is 7.81. The molecule has 2 aromatic rings. The number of aromatic nitrogens is 4. The highest BCUT2D eigenvalue weighted by Gasteiger charge is 2.31. The van der Waals surface area contributed by atoms with E-state index in [-0.39, 0.29) is 17.6 Å². The van der Waals surface area contributed by atoms with Gasteiger partial charge in [0.15, 0.2) is 5.82 Å².